The zero-order valence-electron chi connectivity index (χ0n) is 20.2. The molecule has 8 atom stereocenters. The van der Waals surface area contributed by atoms with Crippen LogP contribution in [0.2, 0.25) is 0 Å². The third-order valence-corrected chi connectivity index (χ3v) is 7.54. The molecule has 8 N–H and O–H groups in total. The zero-order valence-corrected chi connectivity index (χ0v) is 21.0. The standard InChI is InChI=1S/C23H35N3O9S/c1-11(33-2)16(26-21(31)12-5-6-25-10-12)20-18(29)17(28)19(30)23(35-20)36-8-7-34-22(32)14-4-3-13(24)9-15(14)27/h3-4,9,11-12,16-20,23,25,27-30H,5-8,10,24H2,1-2H3,(H,26,31). The highest BCUT2D eigenvalue weighted by Gasteiger charge is 2.48. The molecule has 0 aliphatic carbocycles. The Morgan fingerprint density at radius 2 is 2.03 bits per heavy atom. The highest BCUT2D eigenvalue weighted by Crippen LogP contribution is 2.31. The summed E-state index contributed by atoms with van der Waals surface area (Å²) in [5, 5.41) is 47.5. The van der Waals surface area contributed by atoms with Gasteiger partial charge in [0.25, 0.3) is 0 Å². The summed E-state index contributed by atoms with van der Waals surface area (Å²) in [6.07, 6.45) is -5.39. The number of anilines is 1. The number of thioether (sulfide) groups is 1. The van der Waals surface area contributed by atoms with Gasteiger partial charge >= 0.3 is 5.97 Å². The fourth-order valence-electron chi connectivity index (χ4n) is 4.18. The summed E-state index contributed by atoms with van der Waals surface area (Å²) in [6, 6.07) is 3.26. The van der Waals surface area contributed by atoms with Crippen molar-refractivity contribution in [1.82, 2.24) is 10.6 Å². The number of benzene rings is 1. The first-order chi connectivity index (χ1) is 17.1. The van der Waals surface area contributed by atoms with Crippen LogP contribution in [-0.4, -0.2) is 107 Å². The van der Waals surface area contributed by atoms with E-state index in [9.17, 15) is 30.0 Å². The Morgan fingerprint density at radius 1 is 1.28 bits per heavy atom. The Hall–Kier alpha value is -2.13. The van der Waals surface area contributed by atoms with Crippen molar-refractivity contribution in [3.8, 4) is 5.75 Å². The van der Waals surface area contributed by atoms with Gasteiger partial charge in [0.2, 0.25) is 5.91 Å². The SMILES string of the molecule is COC(C)C(NC(=O)C1CCNC1)C1OC(SCCOC(=O)c2ccc(N)cc2O)C(O)C(O)C1O. The van der Waals surface area contributed by atoms with Crippen LogP contribution in [0.5, 0.6) is 5.75 Å². The molecule has 8 unspecified atom stereocenters. The number of aliphatic hydroxyl groups is 3. The van der Waals surface area contributed by atoms with E-state index in [-0.39, 0.29) is 35.5 Å². The molecule has 202 valence electrons. The maximum atomic E-state index is 12.8. The van der Waals surface area contributed by atoms with Gasteiger partial charge in [-0.05, 0) is 32.0 Å². The maximum absolute atomic E-state index is 12.8. The smallest absolute Gasteiger partial charge is 0.341 e. The van der Waals surface area contributed by atoms with Gasteiger partial charge in [-0.2, -0.15) is 0 Å². The van der Waals surface area contributed by atoms with Crippen LogP contribution in [0.15, 0.2) is 18.2 Å². The summed E-state index contributed by atoms with van der Waals surface area (Å²) < 4.78 is 16.5. The molecule has 2 aliphatic heterocycles. The minimum Gasteiger partial charge on any atom is -0.507 e. The fraction of sp³-hybridized carbons (Fsp3) is 0.652. The molecule has 1 amide bonds. The average molecular weight is 530 g/mol. The third kappa shape index (κ3) is 6.79. The third-order valence-electron chi connectivity index (χ3n) is 6.42. The summed E-state index contributed by atoms with van der Waals surface area (Å²) in [4.78, 5) is 25.0. The van der Waals surface area contributed by atoms with E-state index in [1.807, 2.05) is 0 Å². The molecule has 36 heavy (non-hydrogen) atoms. The van der Waals surface area contributed by atoms with Crippen molar-refractivity contribution in [1.29, 1.82) is 0 Å². The Labute approximate surface area is 213 Å². The number of hydrogen-bond donors (Lipinski definition) is 7. The molecular weight excluding hydrogens is 494 g/mol. The molecule has 2 saturated heterocycles. The monoisotopic (exact) mass is 529 g/mol. The van der Waals surface area contributed by atoms with Gasteiger partial charge in [0.15, 0.2) is 0 Å². The Balaban J connectivity index is 1.60. The minimum atomic E-state index is -1.54. The van der Waals surface area contributed by atoms with E-state index in [1.165, 1.54) is 25.3 Å². The predicted octanol–water partition coefficient (Wildman–Crippen LogP) is -1.20. The van der Waals surface area contributed by atoms with Gasteiger partial charge in [0.1, 0.15) is 47.8 Å². The summed E-state index contributed by atoms with van der Waals surface area (Å²) in [7, 11) is 1.46. The Morgan fingerprint density at radius 3 is 2.67 bits per heavy atom. The minimum absolute atomic E-state index is 0.0358. The number of nitrogens with two attached hydrogens (primary N) is 1. The van der Waals surface area contributed by atoms with Crippen LogP contribution >= 0.6 is 11.8 Å². The number of phenols is 1. The molecule has 13 heteroatoms. The summed E-state index contributed by atoms with van der Waals surface area (Å²) in [6.45, 7) is 2.91. The number of methoxy groups -OCH3 is 1. The Bertz CT molecular complexity index is 902. The molecule has 1 aromatic carbocycles. The van der Waals surface area contributed by atoms with Crippen LogP contribution < -0.4 is 16.4 Å². The van der Waals surface area contributed by atoms with E-state index in [4.69, 9.17) is 19.9 Å². The van der Waals surface area contributed by atoms with E-state index >= 15 is 0 Å². The van der Waals surface area contributed by atoms with Crippen molar-refractivity contribution in [2.24, 2.45) is 5.92 Å². The number of aliphatic hydroxyl groups excluding tert-OH is 3. The Kier molecular flexibility index (Phi) is 10.2. The molecular formula is C23H35N3O9S. The van der Waals surface area contributed by atoms with E-state index < -0.39 is 48.0 Å². The van der Waals surface area contributed by atoms with Crippen LogP contribution in [0.1, 0.15) is 23.7 Å². The van der Waals surface area contributed by atoms with Crippen molar-refractivity contribution in [2.75, 3.05) is 38.3 Å². The van der Waals surface area contributed by atoms with E-state index in [1.54, 1.807) is 6.92 Å². The number of amides is 1. The van der Waals surface area contributed by atoms with Gasteiger partial charge < -0.3 is 51.0 Å². The number of nitrogen functional groups attached to an aromatic ring is 1. The second kappa shape index (κ2) is 12.9. The topological polar surface area (TPSA) is 193 Å². The number of rotatable bonds is 10. The summed E-state index contributed by atoms with van der Waals surface area (Å²) in [5.41, 5.74) is 4.85. The first-order valence-corrected chi connectivity index (χ1v) is 12.8. The predicted molar refractivity (Wildman–Crippen MR) is 131 cm³/mol. The lowest BCUT2D eigenvalue weighted by atomic mass is 9.91. The number of hydrogen-bond acceptors (Lipinski definition) is 12. The van der Waals surface area contributed by atoms with Gasteiger partial charge in [-0.15, -0.1) is 11.8 Å². The van der Waals surface area contributed by atoms with Gasteiger partial charge in [0, 0.05) is 31.2 Å². The highest BCUT2D eigenvalue weighted by molar-refractivity contribution is 7.99. The number of ether oxygens (including phenoxy) is 3. The van der Waals surface area contributed by atoms with E-state index in [2.05, 4.69) is 10.6 Å². The number of carbonyl (C=O) groups excluding carboxylic acids is 2. The molecule has 1 aromatic rings. The van der Waals surface area contributed by atoms with E-state index in [0.717, 1.165) is 18.3 Å². The van der Waals surface area contributed by atoms with E-state index in [0.29, 0.717) is 18.7 Å². The lowest BCUT2D eigenvalue weighted by Gasteiger charge is -2.44. The van der Waals surface area contributed by atoms with Gasteiger partial charge in [-0.25, -0.2) is 4.79 Å². The van der Waals surface area contributed by atoms with Crippen LogP contribution in [0, 0.1) is 5.92 Å². The maximum Gasteiger partial charge on any atom is 0.341 e. The highest BCUT2D eigenvalue weighted by atomic mass is 32.2. The lowest BCUT2D eigenvalue weighted by Crippen LogP contribution is -2.65. The van der Waals surface area contributed by atoms with Crippen molar-refractivity contribution < 1.29 is 44.2 Å². The molecule has 0 saturated carbocycles. The molecule has 12 nitrogen and oxygen atoms in total. The van der Waals surface area contributed by atoms with Gasteiger partial charge in [0.05, 0.1) is 18.1 Å². The number of carbonyl (C=O) groups is 2. The second-order valence-corrected chi connectivity index (χ2v) is 10.1. The first-order valence-electron chi connectivity index (χ1n) is 11.7. The number of esters is 1. The first kappa shape index (κ1) is 28.4. The van der Waals surface area contributed by atoms with Crippen molar-refractivity contribution >= 4 is 29.3 Å². The number of nitrogens with one attached hydrogen (secondary N) is 2. The number of phenolic OH excluding ortho intramolecular Hbond substituents is 1. The van der Waals surface area contributed by atoms with Gasteiger partial charge in [-0.1, -0.05) is 0 Å². The molecule has 0 bridgehead atoms. The zero-order chi connectivity index (χ0) is 26.4. The molecule has 0 aromatic heterocycles. The average Bonchev–Trinajstić information content (AvgIpc) is 3.40. The van der Waals surface area contributed by atoms with Crippen LogP contribution in [0.4, 0.5) is 5.69 Å². The molecule has 0 radical (unpaired) electrons. The second-order valence-electron chi connectivity index (χ2n) is 8.89. The molecule has 2 fully saturated rings. The quantitative estimate of drug-likeness (QED) is 0.109. The fourth-order valence-corrected chi connectivity index (χ4v) is 5.16. The van der Waals surface area contributed by atoms with Gasteiger partial charge in [-0.3, -0.25) is 4.79 Å². The molecule has 0 spiro atoms. The molecule has 3 rings (SSSR count). The normalized spacial score (nSPS) is 29.9. The lowest BCUT2D eigenvalue weighted by molar-refractivity contribution is -0.212. The van der Waals surface area contributed by atoms with Crippen LogP contribution in [-0.2, 0) is 19.0 Å². The van der Waals surface area contributed by atoms with Crippen molar-refractivity contribution in [3.05, 3.63) is 23.8 Å². The summed E-state index contributed by atoms with van der Waals surface area (Å²) in [5.74, 6) is -1.30. The van der Waals surface area contributed by atoms with Crippen molar-refractivity contribution in [2.45, 2.75) is 55.3 Å². The molecule has 2 heterocycles. The molecule has 2 aliphatic rings. The summed E-state index contributed by atoms with van der Waals surface area (Å²) >= 11 is 1.07. The number of aromatic hydroxyl groups is 1. The van der Waals surface area contributed by atoms with Crippen LogP contribution in [0.3, 0.4) is 0 Å². The van der Waals surface area contributed by atoms with Crippen LogP contribution in [0.25, 0.3) is 0 Å². The van der Waals surface area contributed by atoms with Crippen molar-refractivity contribution in [3.63, 3.8) is 0 Å². The largest absolute Gasteiger partial charge is 0.507 e.